The topological polar surface area (TPSA) is 69.2 Å². The highest BCUT2D eigenvalue weighted by atomic mass is 79.9. The standard InChI is InChI=1S/C11H16BrN3O2/c1-11(17)3-2-5-15(6-4-11)9-8(12)10(16)14-7-13-9/h7,17H,2-6H2,1H3,(H,13,14,16). The molecule has 94 valence electrons. The summed E-state index contributed by atoms with van der Waals surface area (Å²) in [5.74, 6) is 0.659. The maximum Gasteiger partial charge on any atom is 0.267 e. The van der Waals surface area contributed by atoms with Crippen LogP contribution in [-0.4, -0.2) is 33.8 Å². The first-order chi connectivity index (χ1) is 7.99. The second-order valence-corrected chi connectivity index (χ2v) is 5.50. The fraction of sp³-hybridized carbons (Fsp3) is 0.636. The van der Waals surface area contributed by atoms with Crippen LogP contribution in [0.5, 0.6) is 0 Å². The number of nitrogens with zero attached hydrogens (tertiary/aromatic N) is 2. The number of anilines is 1. The molecule has 2 N–H and O–H groups in total. The van der Waals surface area contributed by atoms with E-state index in [1.54, 1.807) is 0 Å². The smallest absolute Gasteiger partial charge is 0.267 e. The first-order valence-corrected chi connectivity index (χ1v) is 6.49. The minimum atomic E-state index is -0.609. The first-order valence-electron chi connectivity index (χ1n) is 5.70. The van der Waals surface area contributed by atoms with Gasteiger partial charge in [0.1, 0.15) is 10.3 Å². The van der Waals surface area contributed by atoms with E-state index < -0.39 is 5.60 Å². The van der Waals surface area contributed by atoms with Crippen LogP contribution in [0.1, 0.15) is 26.2 Å². The number of halogens is 1. The van der Waals surface area contributed by atoms with Crippen molar-refractivity contribution in [2.45, 2.75) is 31.8 Å². The number of H-pyrrole nitrogens is 1. The molecule has 1 unspecified atom stereocenters. The molecular formula is C11H16BrN3O2. The molecule has 0 spiro atoms. The van der Waals surface area contributed by atoms with Gasteiger partial charge >= 0.3 is 0 Å². The summed E-state index contributed by atoms with van der Waals surface area (Å²) >= 11 is 3.26. The molecule has 0 aromatic carbocycles. The van der Waals surface area contributed by atoms with Crippen LogP contribution in [-0.2, 0) is 0 Å². The van der Waals surface area contributed by atoms with Crippen molar-refractivity contribution < 1.29 is 5.11 Å². The van der Waals surface area contributed by atoms with Crippen molar-refractivity contribution in [3.05, 3.63) is 21.2 Å². The van der Waals surface area contributed by atoms with Gasteiger partial charge < -0.3 is 15.0 Å². The number of rotatable bonds is 1. The van der Waals surface area contributed by atoms with Crippen molar-refractivity contribution in [1.29, 1.82) is 0 Å². The number of aromatic amines is 1. The van der Waals surface area contributed by atoms with Gasteiger partial charge in [0.2, 0.25) is 0 Å². The van der Waals surface area contributed by atoms with E-state index in [9.17, 15) is 9.90 Å². The van der Waals surface area contributed by atoms with E-state index in [1.165, 1.54) is 6.33 Å². The van der Waals surface area contributed by atoms with Gasteiger partial charge in [-0.15, -0.1) is 0 Å². The Balaban J connectivity index is 2.23. The van der Waals surface area contributed by atoms with Crippen LogP contribution >= 0.6 is 15.9 Å². The van der Waals surface area contributed by atoms with Crippen LogP contribution < -0.4 is 10.5 Å². The third kappa shape index (κ3) is 2.87. The lowest BCUT2D eigenvalue weighted by Gasteiger charge is -2.23. The van der Waals surface area contributed by atoms with Crippen molar-refractivity contribution in [1.82, 2.24) is 9.97 Å². The number of aliphatic hydroxyl groups is 1. The van der Waals surface area contributed by atoms with E-state index in [1.807, 2.05) is 11.8 Å². The zero-order valence-electron chi connectivity index (χ0n) is 9.74. The molecule has 0 bridgehead atoms. The van der Waals surface area contributed by atoms with Crippen molar-refractivity contribution >= 4 is 21.7 Å². The fourth-order valence-electron chi connectivity index (χ4n) is 2.07. The Morgan fingerprint density at radius 2 is 2.29 bits per heavy atom. The number of hydrogen-bond acceptors (Lipinski definition) is 4. The quantitative estimate of drug-likeness (QED) is 0.820. The molecule has 6 heteroatoms. The van der Waals surface area contributed by atoms with E-state index in [2.05, 4.69) is 25.9 Å². The molecule has 1 aromatic rings. The minimum Gasteiger partial charge on any atom is -0.390 e. The van der Waals surface area contributed by atoms with Gasteiger partial charge in [-0.2, -0.15) is 0 Å². The van der Waals surface area contributed by atoms with Gasteiger partial charge in [0.25, 0.3) is 5.56 Å². The average molecular weight is 302 g/mol. The molecule has 0 aliphatic carbocycles. The Labute approximate surface area is 108 Å². The molecule has 17 heavy (non-hydrogen) atoms. The van der Waals surface area contributed by atoms with Gasteiger partial charge in [-0.05, 0) is 42.1 Å². The molecule has 1 aliphatic rings. The highest BCUT2D eigenvalue weighted by Gasteiger charge is 2.26. The summed E-state index contributed by atoms with van der Waals surface area (Å²) in [6.45, 7) is 3.38. The molecule has 0 radical (unpaired) electrons. The van der Waals surface area contributed by atoms with Crippen LogP contribution in [0.2, 0.25) is 0 Å². The number of nitrogens with one attached hydrogen (secondary N) is 1. The van der Waals surface area contributed by atoms with Gasteiger partial charge in [-0.1, -0.05) is 0 Å². The number of aromatic nitrogens is 2. The van der Waals surface area contributed by atoms with Crippen molar-refractivity contribution in [2.75, 3.05) is 18.0 Å². The van der Waals surface area contributed by atoms with Crippen molar-refractivity contribution in [3.63, 3.8) is 0 Å². The van der Waals surface area contributed by atoms with Gasteiger partial charge in [0.15, 0.2) is 0 Å². The van der Waals surface area contributed by atoms with E-state index in [0.717, 1.165) is 19.4 Å². The van der Waals surface area contributed by atoms with Crippen molar-refractivity contribution in [3.8, 4) is 0 Å². The molecule has 1 atom stereocenters. The molecule has 1 saturated heterocycles. The average Bonchev–Trinajstić information content (AvgIpc) is 2.44. The largest absolute Gasteiger partial charge is 0.390 e. The first kappa shape index (κ1) is 12.6. The SMILES string of the molecule is CC1(O)CCCN(c2nc[nH]c(=O)c2Br)CC1. The zero-order chi connectivity index (χ0) is 12.5. The lowest BCUT2D eigenvalue weighted by molar-refractivity contribution is 0.0481. The summed E-state index contributed by atoms with van der Waals surface area (Å²) in [6, 6.07) is 0. The summed E-state index contributed by atoms with van der Waals surface area (Å²) in [7, 11) is 0. The van der Waals surface area contributed by atoms with E-state index >= 15 is 0 Å². The lowest BCUT2D eigenvalue weighted by Crippen LogP contribution is -2.30. The van der Waals surface area contributed by atoms with Crippen LogP contribution in [0, 0.1) is 0 Å². The van der Waals surface area contributed by atoms with Gasteiger partial charge in [0, 0.05) is 13.1 Å². The maximum atomic E-state index is 11.5. The Bertz CT molecular complexity index is 458. The second-order valence-electron chi connectivity index (χ2n) is 4.71. The summed E-state index contributed by atoms with van der Waals surface area (Å²) < 4.78 is 0.460. The van der Waals surface area contributed by atoms with Crippen LogP contribution in [0.3, 0.4) is 0 Å². The maximum absolute atomic E-state index is 11.5. The molecule has 2 heterocycles. The van der Waals surface area contributed by atoms with Gasteiger partial charge in [0.05, 0.1) is 11.9 Å². The highest BCUT2D eigenvalue weighted by molar-refractivity contribution is 9.10. The summed E-state index contributed by atoms with van der Waals surface area (Å²) in [4.78, 5) is 20.2. The molecule has 5 nitrogen and oxygen atoms in total. The van der Waals surface area contributed by atoms with Crippen LogP contribution in [0.25, 0.3) is 0 Å². The van der Waals surface area contributed by atoms with E-state index in [-0.39, 0.29) is 5.56 Å². The molecule has 1 aliphatic heterocycles. The molecule has 0 amide bonds. The molecular weight excluding hydrogens is 286 g/mol. The van der Waals surface area contributed by atoms with Gasteiger partial charge in [-0.3, -0.25) is 4.79 Å². The minimum absolute atomic E-state index is 0.175. The number of hydrogen-bond donors (Lipinski definition) is 2. The highest BCUT2D eigenvalue weighted by Crippen LogP contribution is 2.26. The third-order valence-electron chi connectivity index (χ3n) is 3.14. The fourth-order valence-corrected chi connectivity index (χ4v) is 2.54. The van der Waals surface area contributed by atoms with E-state index in [0.29, 0.717) is 23.3 Å². The Kier molecular flexibility index (Phi) is 3.53. The van der Waals surface area contributed by atoms with Crippen LogP contribution in [0.4, 0.5) is 5.82 Å². The lowest BCUT2D eigenvalue weighted by atomic mass is 9.98. The Morgan fingerprint density at radius 1 is 1.53 bits per heavy atom. The Hall–Kier alpha value is -0.880. The summed E-state index contributed by atoms with van der Waals surface area (Å²) in [5.41, 5.74) is -0.784. The van der Waals surface area contributed by atoms with Crippen LogP contribution in [0.15, 0.2) is 15.6 Å². The normalized spacial score (nSPS) is 25.7. The summed E-state index contributed by atoms with van der Waals surface area (Å²) in [5, 5.41) is 10.0. The predicted molar refractivity (Wildman–Crippen MR) is 69.2 cm³/mol. The predicted octanol–water partition coefficient (Wildman–Crippen LogP) is 1.27. The second kappa shape index (κ2) is 4.78. The van der Waals surface area contributed by atoms with E-state index in [4.69, 9.17) is 0 Å². The van der Waals surface area contributed by atoms with Gasteiger partial charge in [-0.25, -0.2) is 4.98 Å². The molecule has 1 fully saturated rings. The van der Waals surface area contributed by atoms with Crippen molar-refractivity contribution in [2.24, 2.45) is 0 Å². The third-order valence-corrected chi connectivity index (χ3v) is 3.86. The molecule has 1 aromatic heterocycles. The summed E-state index contributed by atoms with van der Waals surface area (Å²) in [6.07, 6.45) is 3.78. The molecule has 0 saturated carbocycles. The monoisotopic (exact) mass is 301 g/mol. The zero-order valence-corrected chi connectivity index (χ0v) is 11.3. The Morgan fingerprint density at radius 3 is 3.06 bits per heavy atom. The molecule has 2 rings (SSSR count).